The first kappa shape index (κ1) is 16.0. The number of carbonyl (C=O) groups is 3. The van der Waals surface area contributed by atoms with Crippen molar-refractivity contribution in [2.24, 2.45) is 0 Å². The van der Waals surface area contributed by atoms with Crippen LogP contribution in [0.4, 0.5) is 5.69 Å². The summed E-state index contributed by atoms with van der Waals surface area (Å²) in [5, 5.41) is 20.8. The summed E-state index contributed by atoms with van der Waals surface area (Å²) in [6, 6.07) is 3.46. The Morgan fingerprint density at radius 1 is 1.19 bits per heavy atom. The number of phenolic OH excluding ortho intramolecular Hbond substituents is 1. The monoisotopic (exact) mass is 295 g/mol. The number of carboxylic acid groups (broad SMARTS) is 1. The Bertz CT molecular complexity index is 607. The second-order valence-electron chi connectivity index (χ2n) is 3.73. The number of esters is 2. The number of ether oxygens (including phenoxy) is 2. The van der Waals surface area contributed by atoms with Gasteiger partial charge in [-0.2, -0.15) is 0 Å². The minimum absolute atomic E-state index is 0.000790. The SMILES string of the molecule is COC(=O)/C=C(/Nc1ccc(O)cc1C(=O)O)C(=O)OC. The van der Waals surface area contributed by atoms with Gasteiger partial charge in [0.2, 0.25) is 0 Å². The van der Waals surface area contributed by atoms with Crippen molar-refractivity contribution < 1.29 is 34.1 Å². The third kappa shape index (κ3) is 4.23. The normalized spacial score (nSPS) is 10.7. The van der Waals surface area contributed by atoms with Gasteiger partial charge in [0, 0.05) is 0 Å². The fourth-order valence-corrected chi connectivity index (χ4v) is 1.40. The van der Waals surface area contributed by atoms with Crippen molar-refractivity contribution in [1.82, 2.24) is 0 Å². The first-order valence-corrected chi connectivity index (χ1v) is 5.60. The van der Waals surface area contributed by atoms with E-state index >= 15 is 0 Å². The molecule has 3 N–H and O–H groups in total. The number of aromatic carboxylic acids is 1. The van der Waals surface area contributed by atoms with Crippen molar-refractivity contribution in [3.05, 3.63) is 35.5 Å². The summed E-state index contributed by atoms with van der Waals surface area (Å²) in [7, 11) is 2.22. The van der Waals surface area contributed by atoms with Crippen molar-refractivity contribution in [2.45, 2.75) is 0 Å². The van der Waals surface area contributed by atoms with Gasteiger partial charge in [0.15, 0.2) is 0 Å². The highest BCUT2D eigenvalue weighted by Gasteiger charge is 2.17. The Kier molecular flexibility index (Phi) is 5.30. The lowest BCUT2D eigenvalue weighted by Crippen LogP contribution is -2.17. The molecular weight excluding hydrogens is 282 g/mol. The molecule has 0 atom stereocenters. The number of anilines is 1. The van der Waals surface area contributed by atoms with Gasteiger partial charge in [-0.25, -0.2) is 14.4 Å². The molecule has 0 saturated heterocycles. The number of carboxylic acids is 1. The summed E-state index contributed by atoms with van der Waals surface area (Å²) in [6.07, 6.45) is 0.824. The van der Waals surface area contributed by atoms with Crippen molar-refractivity contribution >= 4 is 23.6 Å². The number of hydrogen-bond acceptors (Lipinski definition) is 7. The molecule has 21 heavy (non-hydrogen) atoms. The smallest absolute Gasteiger partial charge is 0.354 e. The standard InChI is InChI=1S/C13H13NO7/c1-20-11(16)6-10(13(19)21-2)14-9-4-3-7(15)5-8(9)12(17)18/h3-6,14-15H,1-2H3,(H,17,18)/b10-6+. The summed E-state index contributed by atoms with van der Waals surface area (Å²) >= 11 is 0. The lowest BCUT2D eigenvalue weighted by molar-refractivity contribution is -0.138. The molecule has 0 bridgehead atoms. The highest BCUT2D eigenvalue weighted by molar-refractivity contribution is 6.01. The van der Waals surface area contributed by atoms with Crippen LogP contribution < -0.4 is 5.32 Å². The molecule has 0 fully saturated rings. The summed E-state index contributed by atoms with van der Waals surface area (Å²) < 4.78 is 8.87. The number of carbonyl (C=O) groups excluding carboxylic acids is 2. The van der Waals surface area contributed by atoms with E-state index in [0.29, 0.717) is 0 Å². The quantitative estimate of drug-likeness (QED) is 0.413. The maximum atomic E-state index is 11.6. The summed E-state index contributed by atoms with van der Waals surface area (Å²) in [5.74, 6) is -3.28. The van der Waals surface area contributed by atoms with E-state index in [1.165, 1.54) is 12.1 Å². The number of aromatic hydroxyl groups is 1. The molecule has 0 aliphatic carbocycles. The van der Waals surface area contributed by atoms with Crippen LogP contribution >= 0.6 is 0 Å². The average molecular weight is 295 g/mol. The number of methoxy groups -OCH3 is 2. The Morgan fingerprint density at radius 3 is 2.38 bits per heavy atom. The van der Waals surface area contributed by atoms with Crippen LogP contribution in [0.25, 0.3) is 0 Å². The highest BCUT2D eigenvalue weighted by atomic mass is 16.5. The van der Waals surface area contributed by atoms with E-state index in [4.69, 9.17) is 5.11 Å². The number of rotatable bonds is 5. The van der Waals surface area contributed by atoms with Crippen LogP contribution in [0.3, 0.4) is 0 Å². The van der Waals surface area contributed by atoms with Crippen LogP contribution in [0.2, 0.25) is 0 Å². The molecule has 1 aromatic carbocycles. The van der Waals surface area contributed by atoms with Crippen LogP contribution in [-0.4, -0.2) is 42.3 Å². The number of nitrogens with one attached hydrogen (secondary N) is 1. The van der Waals surface area contributed by atoms with E-state index in [-0.39, 0.29) is 22.7 Å². The van der Waals surface area contributed by atoms with Crippen molar-refractivity contribution in [3.8, 4) is 5.75 Å². The largest absolute Gasteiger partial charge is 0.508 e. The molecule has 0 unspecified atom stereocenters. The maximum absolute atomic E-state index is 11.6. The zero-order valence-corrected chi connectivity index (χ0v) is 11.2. The molecule has 0 amide bonds. The van der Waals surface area contributed by atoms with Gasteiger partial charge in [0.25, 0.3) is 0 Å². The second kappa shape index (κ2) is 6.94. The van der Waals surface area contributed by atoms with E-state index in [1.54, 1.807) is 0 Å². The lowest BCUT2D eigenvalue weighted by Gasteiger charge is -2.11. The Balaban J connectivity index is 3.21. The second-order valence-corrected chi connectivity index (χ2v) is 3.73. The van der Waals surface area contributed by atoms with Gasteiger partial charge in [-0.15, -0.1) is 0 Å². The zero-order valence-electron chi connectivity index (χ0n) is 11.2. The van der Waals surface area contributed by atoms with Gasteiger partial charge >= 0.3 is 17.9 Å². The number of phenols is 1. The Labute approximate surface area is 119 Å². The molecule has 0 aliphatic rings. The van der Waals surface area contributed by atoms with Crippen molar-refractivity contribution in [2.75, 3.05) is 19.5 Å². The minimum atomic E-state index is -1.32. The number of hydrogen-bond donors (Lipinski definition) is 3. The molecule has 8 nitrogen and oxygen atoms in total. The molecule has 8 heteroatoms. The molecule has 0 heterocycles. The van der Waals surface area contributed by atoms with Gasteiger partial charge in [0.1, 0.15) is 11.4 Å². The van der Waals surface area contributed by atoms with E-state index < -0.39 is 17.9 Å². The summed E-state index contributed by atoms with van der Waals surface area (Å²) in [4.78, 5) is 33.9. The third-order valence-electron chi connectivity index (χ3n) is 2.37. The fraction of sp³-hybridized carbons (Fsp3) is 0.154. The van der Waals surface area contributed by atoms with Gasteiger partial charge in [-0.05, 0) is 18.2 Å². The fourth-order valence-electron chi connectivity index (χ4n) is 1.40. The molecule has 112 valence electrons. The lowest BCUT2D eigenvalue weighted by atomic mass is 10.1. The summed E-state index contributed by atoms with van der Waals surface area (Å²) in [5.41, 5.74) is -0.590. The minimum Gasteiger partial charge on any atom is -0.508 e. The molecule has 0 saturated carbocycles. The molecule has 0 aliphatic heterocycles. The van der Waals surface area contributed by atoms with Crippen LogP contribution in [0.1, 0.15) is 10.4 Å². The molecular formula is C13H13NO7. The first-order valence-electron chi connectivity index (χ1n) is 5.60. The third-order valence-corrected chi connectivity index (χ3v) is 2.37. The van der Waals surface area contributed by atoms with Crippen LogP contribution in [0.15, 0.2) is 30.0 Å². The topological polar surface area (TPSA) is 122 Å². The predicted molar refractivity (Wildman–Crippen MR) is 70.8 cm³/mol. The van der Waals surface area contributed by atoms with Gasteiger partial charge < -0.3 is 25.0 Å². The summed E-state index contributed by atoms with van der Waals surface area (Å²) in [6.45, 7) is 0. The molecule has 0 spiro atoms. The molecule has 1 rings (SSSR count). The van der Waals surface area contributed by atoms with Crippen molar-refractivity contribution in [1.29, 1.82) is 0 Å². The van der Waals surface area contributed by atoms with Gasteiger partial charge in [0.05, 0.1) is 31.5 Å². The van der Waals surface area contributed by atoms with Crippen LogP contribution in [0.5, 0.6) is 5.75 Å². The maximum Gasteiger partial charge on any atom is 0.354 e. The number of benzene rings is 1. The Hall–Kier alpha value is -3.03. The van der Waals surface area contributed by atoms with Crippen molar-refractivity contribution in [3.63, 3.8) is 0 Å². The van der Waals surface area contributed by atoms with Crippen LogP contribution in [-0.2, 0) is 19.1 Å². The zero-order chi connectivity index (χ0) is 16.0. The molecule has 0 aromatic heterocycles. The highest BCUT2D eigenvalue weighted by Crippen LogP contribution is 2.23. The Morgan fingerprint density at radius 2 is 1.86 bits per heavy atom. The van der Waals surface area contributed by atoms with E-state index in [2.05, 4.69) is 14.8 Å². The molecule has 0 radical (unpaired) electrons. The van der Waals surface area contributed by atoms with E-state index in [0.717, 1.165) is 26.4 Å². The average Bonchev–Trinajstić information content (AvgIpc) is 2.46. The van der Waals surface area contributed by atoms with E-state index in [9.17, 15) is 19.5 Å². The van der Waals surface area contributed by atoms with Gasteiger partial charge in [-0.1, -0.05) is 0 Å². The predicted octanol–water partition coefficient (Wildman–Crippen LogP) is 0.732. The van der Waals surface area contributed by atoms with Crippen LogP contribution in [0, 0.1) is 0 Å². The van der Waals surface area contributed by atoms with E-state index in [1.807, 2.05) is 0 Å². The molecule has 1 aromatic rings. The van der Waals surface area contributed by atoms with Gasteiger partial charge in [-0.3, -0.25) is 0 Å². The first-order chi connectivity index (χ1) is 9.88.